The summed E-state index contributed by atoms with van der Waals surface area (Å²) in [5.74, 6) is -1.79. The molecule has 0 unspecified atom stereocenters. The van der Waals surface area contributed by atoms with Crippen LogP contribution in [-0.2, 0) is 20.4 Å². The summed E-state index contributed by atoms with van der Waals surface area (Å²) in [6.45, 7) is 2.31. The number of hydrogen-bond acceptors (Lipinski definition) is 3. The van der Waals surface area contributed by atoms with Crippen molar-refractivity contribution in [3.63, 3.8) is 0 Å². The van der Waals surface area contributed by atoms with Crippen molar-refractivity contribution >= 4 is 39.0 Å². The first-order valence-corrected chi connectivity index (χ1v) is 7.38. The molecule has 0 spiro atoms. The van der Waals surface area contributed by atoms with Crippen molar-refractivity contribution in [1.29, 1.82) is 0 Å². The molecule has 1 aromatic carbocycles. The Bertz CT molecular complexity index is 579. The van der Waals surface area contributed by atoms with Gasteiger partial charge >= 0.3 is 5.97 Å². The molecule has 18 heavy (non-hydrogen) atoms. The molecule has 4 nitrogen and oxygen atoms in total. The Kier molecular flexibility index (Phi) is 4.30. The van der Waals surface area contributed by atoms with Gasteiger partial charge in [0.1, 0.15) is 0 Å². The second kappa shape index (κ2) is 5.07. The highest BCUT2D eigenvalue weighted by Crippen LogP contribution is 2.26. The van der Waals surface area contributed by atoms with Gasteiger partial charge in [-0.15, -0.1) is 0 Å². The maximum Gasteiger partial charge on any atom is 0.324 e. The lowest BCUT2D eigenvalue weighted by Gasteiger charge is -2.19. The number of benzene rings is 1. The summed E-state index contributed by atoms with van der Waals surface area (Å²) >= 11 is 11.5. The Morgan fingerprint density at radius 3 is 2.28 bits per heavy atom. The molecule has 0 saturated carbocycles. The predicted molar refractivity (Wildman–Crippen MR) is 70.8 cm³/mol. The van der Waals surface area contributed by atoms with Gasteiger partial charge in [-0.1, -0.05) is 29.3 Å². The van der Waals surface area contributed by atoms with Crippen LogP contribution in [0.3, 0.4) is 0 Å². The number of rotatable bonds is 4. The fraction of sp³-hybridized carbons (Fsp3) is 0.364. The fourth-order valence-corrected chi connectivity index (χ4v) is 2.73. The topological polar surface area (TPSA) is 71.4 Å². The molecule has 0 radical (unpaired) electrons. The van der Waals surface area contributed by atoms with Crippen LogP contribution in [0, 0.1) is 0 Å². The number of halogens is 2. The molecule has 0 bridgehead atoms. The van der Waals surface area contributed by atoms with Gasteiger partial charge in [-0.05, 0) is 31.5 Å². The quantitative estimate of drug-likeness (QED) is 0.928. The first-order valence-electron chi connectivity index (χ1n) is 4.97. The molecule has 0 heterocycles. The Morgan fingerprint density at radius 1 is 1.28 bits per heavy atom. The smallest absolute Gasteiger partial charge is 0.324 e. The molecule has 0 atom stereocenters. The van der Waals surface area contributed by atoms with Crippen LogP contribution in [0.5, 0.6) is 0 Å². The summed E-state index contributed by atoms with van der Waals surface area (Å²) in [5, 5.41) is 9.48. The Labute approximate surface area is 115 Å². The Hall–Kier alpha value is -0.780. The van der Waals surface area contributed by atoms with Crippen LogP contribution >= 0.6 is 23.2 Å². The number of hydrogen-bond donors (Lipinski definition) is 1. The third-order valence-corrected chi connectivity index (χ3v) is 5.82. The summed E-state index contributed by atoms with van der Waals surface area (Å²) in [6.07, 6.45) is 0. The van der Waals surface area contributed by atoms with Crippen LogP contribution in [0.4, 0.5) is 0 Å². The fourth-order valence-electron chi connectivity index (χ4n) is 1.16. The van der Waals surface area contributed by atoms with Gasteiger partial charge in [-0.3, -0.25) is 4.79 Å². The minimum Gasteiger partial charge on any atom is -0.480 e. The van der Waals surface area contributed by atoms with Gasteiger partial charge in [0.15, 0.2) is 14.6 Å². The molecule has 0 fully saturated rings. The SMILES string of the molecule is CC(C)(C(=O)O)S(=O)(=O)Cc1ccc(Cl)c(Cl)c1. The van der Waals surface area contributed by atoms with Gasteiger partial charge in [-0.2, -0.15) is 0 Å². The van der Waals surface area contributed by atoms with Gasteiger partial charge in [0.25, 0.3) is 0 Å². The largest absolute Gasteiger partial charge is 0.480 e. The van der Waals surface area contributed by atoms with Gasteiger partial charge < -0.3 is 5.11 Å². The highest BCUT2D eigenvalue weighted by molar-refractivity contribution is 7.92. The highest BCUT2D eigenvalue weighted by atomic mass is 35.5. The zero-order valence-electron chi connectivity index (χ0n) is 9.78. The molecule has 0 saturated heterocycles. The number of carbonyl (C=O) groups is 1. The third-order valence-electron chi connectivity index (χ3n) is 2.63. The molecular formula is C11H12Cl2O4S. The van der Waals surface area contributed by atoms with Crippen LogP contribution < -0.4 is 0 Å². The summed E-state index contributed by atoms with van der Waals surface area (Å²) < 4.78 is 22.2. The second-order valence-electron chi connectivity index (χ2n) is 4.32. The van der Waals surface area contributed by atoms with Crippen molar-refractivity contribution in [2.45, 2.75) is 24.3 Å². The summed E-state index contributed by atoms with van der Waals surface area (Å²) in [5.41, 5.74) is 0.402. The van der Waals surface area contributed by atoms with Crippen LogP contribution in [0.1, 0.15) is 19.4 Å². The van der Waals surface area contributed by atoms with E-state index in [1.165, 1.54) is 18.2 Å². The normalized spacial score (nSPS) is 12.4. The van der Waals surface area contributed by atoms with Gasteiger partial charge in [-0.25, -0.2) is 8.42 Å². The zero-order chi connectivity index (χ0) is 14.1. The minimum atomic E-state index is -3.84. The molecule has 0 aliphatic carbocycles. The number of sulfone groups is 1. The van der Waals surface area contributed by atoms with E-state index in [-0.39, 0.29) is 5.02 Å². The Morgan fingerprint density at radius 2 is 1.83 bits per heavy atom. The van der Waals surface area contributed by atoms with E-state index in [0.717, 1.165) is 13.8 Å². The zero-order valence-corrected chi connectivity index (χ0v) is 12.1. The van der Waals surface area contributed by atoms with E-state index in [4.69, 9.17) is 28.3 Å². The molecular weight excluding hydrogens is 299 g/mol. The standard InChI is InChI=1S/C11H12Cl2O4S/c1-11(2,10(14)15)18(16,17)6-7-3-4-8(12)9(13)5-7/h3-5H,6H2,1-2H3,(H,14,15). The van der Waals surface area contributed by atoms with Crippen molar-refractivity contribution in [2.24, 2.45) is 0 Å². The highest BCUT2D eigenvalue weighted by Gasteiger charge is 2.41. The maximum atomic E-state index is 12.0. The molecule has 1 rings (SSSR count). The van der Waals surface area contributed by atoms with E-state index in [2.05, 4.69) is 0 Å². The molecule has 7 heteroatoms. The number of carboxylic acids is 1. The summed E-state index contributed by atoms with van der Waals surface area (Å²) in [6, 6.07) is 4.39. The average Bonchev–Trinajstić information content (AvgIpc) is 2.22. The van der Waals surface area contributed by atoms with Crippen molar-refractivity contribution in [3.05, 3.63) is 33.8 Å². The van der Waals surface area contributed by atoms with Gasteiger partial charge in [0, 0.05) is 0 Å². The molecule has 0 aliphatic heterocycles. The molecule has 1 aromatic rings. The summed E-state index contributed by atoms with van der Waals surface area (Å²) in [7, 11) is -3.84. The van der Waals surface area contributed by atoms with E-state index >= 15 is 0 Å². The minimum absolute atomic E-state index is 0.234. The van der Waals surface area contributed by atoms with E-state index in [1.807, 2.05) is 0 Å². The van der Waals surface area contributed by atoms with Crippen LogP contribution in [0.2, 0.25) is 10.0 Å². The van der Waals surface area contributed by atoms with Crippen molar-refractivity contribution in [3.8, 4) is 0 Å². The van der Waals surface area contributed by atoms with Crippen LogP contribution in [0.25, 0.3) is 0 Å². The third kappa shape index (κ3) is 2.96. The van der Waals surface area contributed by atoms with Gasteiger partial charge in [0.05, 0.1) is 15.8 Å². The van der Waals surface area contributed by atoms with E-state index in [9.17, 15) is 13.2 Å². The lowest BCUT2D eigenvalue weighted by molar-refractivity contribution is -0.139. The number of aliphatic carboxylic acids is 1. The molecule has 0 amide bonds. The van der Waals surface area contributed by atoms with Gasteiger partial charge in [0.2, 0.25) is 0 Å². The van der Waals surface area contributed by atoms with Crippen molar-refractivity contribution < 1.29 is 18.3 Å². The molecule has 0 aromatic heterocycles. The van der Waals surface area contributed by atoms with Crippen molar-refractivity contribution in [2.75, 3.05) is 0 Å². The Balaban J connectivity index is 3.10. The summed E-state index contributed by atoms with van der Waals surface area (Å²) in [4.78, 5) is 11.0. The predicted octanol–water partition coefficient (Wildman–Crippen LogP) is 2.77. The van der Waals surface area contributed by atoms with E-state index in [0.29, 0.717) is 10.6 Å². The number of carboxylic acid groups (broad SMARTS) is 1. The molecule has 0 aliphatic rings. The monoisotopic (exact) mass is 310 g/mol. The van der Waals surface area contributed by atoms with E-state index < -0.39 is 26.3 Å². The first kappa shape index (κ1) is 15.3. The molecule has 100 valence electrons. The van der Waals surface area contributed by atoms with Crippen molar-refractivity contribution in [1.82, 2.24) is 0 Å². The van der Waals surface area contributed by atoms with Crippen LogP contribution in [0.15, 0.2) is 18.2 Å². The lowest BCUT2D eigenvalue weighted by atomic mass is 10.2. The second-order valence-corrected chi connectivity index (χ2v) is 7.68. The van der Waals surface area contributed by atoms with Crippen LogP contribution in [-0.4, -0.2) is 24.2 Å². The average molecular weight is 311 g/mol. The first-order chi connectivity index (χ1) is 8.08. The lowest BCUT2D eigenvalue weighted by Crippen LogP contribution is -2.41. The van der Waals surface area contributed by atoms with E-state index in [1.54, 1.807) is 0 Å². The molecule has 1 N–H and O–H groups in total. The maximum absolute atomic E-state index is 12.0.